The molecule has 0 saturated carbocycles. The molecule has 1 atom stereocenters. The Labute approximate surface area is 59.1 Å². The van der Waals surface area contributed by atoms with Crippen LogP contribution in [0.4, 0.5) is 4.39 Å². The predicted molar refractivity (Wildman–Crippen MR) is 36.2 cm³/mol. The van der Waals surface area contributed by atoms with E-state index in [1.165, 1.54) is 0 Å². The maximum Gasteiger partial charge on any atom is 0.119 e. The quantitative estimate of drug-likeness (QED) is 0.658. The van der Waals surface area contributed by atoms with Gasteiger partial charge in [0.25, 0.3) is 0 Å². The molecular weight excluding hydrogens is 131 g/mol. The molecule has 1 aromatic rings. The number of rotatable bonds is 2. The third-order valence-corrected chi connectivity index (χ3v) is 1.26. The van der Waals surface area contributed by atoms with E-state index in [2.05, 4.69) is 6.07 Å². The van der Waals surface area contributed by atoms with Gasteiger partial charge in [-0.2, -0.15) is 0 Å². The Bertz CT molecular complexity index is 186. The summed E-state index contributed by atoms with van der Waals surface area (Å²) in [6.45, 7) is -0.738. The third kappa shape index (κ3) is 1.54. The topological polar surface area (TPSA) is 20.2 Å². The van der Waals surface area contributed by atoms with Crippen LogP contribution in [0.25, 0.3) is 0 Å². The lowest BCUT2D eigenvalue weighted by Gasteiger charge is -2.03. The van der Waals surface area contributed by atoms with Crippen LogP contribution in [-0.2, 0) is 0 Å². The van der Waals surface area contributed by atoms with E-state index in [-0.39, 0.29) is 0 Å². The number of hydrogen-bond donors (Lipinski definition) is 1. The van der Waals surface area contributed by atoms with Gasteiger partial charge in [0.2, 0.25) is 0 Å². The first-order valence-electron chi connectivity index (χ1n) is 3.04. The Morgan fingerprint density at radius 1 is 1.70 bits per heavy atom. The van der Waals surface area contributed by atoms with Gasteiger partial charge in [0.1, 0.15) is 12.8 Å². The Kier molecular flexibility index (Phi) is 2.40. The molecular formula is C8H8FO. The third-order valence-electron chi connectivity index (χ3n) is 1.26. The van der Waals surface area contributed by atoms with Crippen molar-refractivity contribution in [1.82, 2.24) is 0 Å². The predicted octanol–water partition coefficient (Wildman–Crippen LogP) is 1.49. The van der Waals surface area contributed by atoms with E-state index in [1.807, 2.05) is 0 Å². The van der Waals surface area contributed by atoms with Crippen LogP contribution in [0.2, 0.25) is 0 Å². The maximum absolute atomic E-state index is 11.8. The highest BCUT2D eigenvalue weighted by Crippen LogP contribution is 2.10. The minimum atomic E-state index is -0.988. The van der Waals surface area contributed by atoms with Gasteiger partial charge in [0, 0.05) is 0 Å². The van der Waals surface area contributed by atoms with Crippen LogP contribution in [-0.4, -0.2) is 11.8 Å². The van der Waals surface area contributed by atoms with E-state index >= 15 is 0 Å². The summed E-state index contributed by atoms with van der Waals surface area (Å²) in [5, 5.41) is 8.93. The van der Waals surface area contributed by atoms with Gasteiger partial charge in [0.15, 0.2) is 0 Å². The molecule has 1 rings (SSSR count). The molecule has 0 bridgehead atoms. The lowest BCUT2D eigenvalue weighted by Crippen LogP contribution is -1.97. The first-order valence-corrected chi connectivity index (χ1v) is 3.04. The van der Waals surface area contributed by atoms with Crippen molar-refractivity contribution in [2.24, 2.45) is 0 Å². The number of halogens is 1. The summed E-state index contributed by atoms with van der Waals surface area (Å²) >= 11 is 0. The van der Waals surface area contributed by atoms with Crippen LogP contribution in [0, 0.1) is 6.07 Å². The molecule has 0 amide bonds. The zero-order chi connectivity index (χ0) is 7.40. The zero-order valence-electron chi connectivity index (χ0n) is 5.42. The van der Waals surface area contributed by atoms with Crippen LogP contribution >= 0.6 is 0 Å². The summed E-state index contributed by atoms with van der Waals surface area (Å²) in [4.78, 5) is 0. The molecule has 10 heavy (non-hydrogen) atoms. The molecule has 0 fully saturated rings. The molecule has 2 heteroatoms. The first-order chi connectivity index (χ1) is 4.84. The largest absolute Gasteiger partial charge is 0.386 e. The molecule has 0 aliphatic carbocycles. The van der Waals surface area contributed by atoms with Gasteiger partial charge in [0.05, 0.1) is 0 Å². The van der Waals surface area contributed by atoms with Crippen molar-refractivity contribution in [1.29, 1.82) is 0 Å². The zero-order valence-corrected chi connectivity index (χ0v) is 5.42. The summed E-state index contributed by atoms with van der Waals surface area (Å²) in [5.41, 5.74) is 0.574. The molecule has 0 saturated heterocycles. The van der Waals surface area contributed by atoms with E-state index in [1.54, 1.807) is 24.3 Å². The average molecular weight is 139 g/mol. The van der Waals surface area contributed by atoms with Crippen molar-refractivity contribution in [2.45, 2.75) is 6.10 Å². The number of aliphatic hydroxyl groups excluding tert-OH is 1. The van der Waals surface area contributed by atoms with Gasteiger partial charge in [-0.1, -0.05) is 18.2 Å². The Hall–Kier alpha value is -0.890. The standard InChI is InChI=1S/C8H8FO/c9-6-8(10)7-4-2-1-3-5-7/h1-2,4-5,8,10H,6H2. The summed E-state index contributed by atoms with van der Waals surface area (Å²) in [6.07, 6.45) is -0.988. The molecule has 1 N–H and O–H groups in total. The number of hydrogen-bond acceptors (Lipinski definition) is 1. The second-order valence-corrected chi connectivity index (χ2v) is 2.01. The number of alkyl halides is 1. The van der Waals surface area contributed by atoms with Crippen molar-refractivity contribution >= 4 is 0 Å². The SMILES string of the molecule is OC(CF)c1c[c]ccc1. The fraction of sp³-hybridized carbons (Fsp3) is 0.250. The van der Waals surface area contributed by atoms with E-state index in [0.717, 1.165) is 0 Å². The van der Waals surface area contributed by atoms with Gasteiger partial charge in [-0.05, 0) is 17.7 Å². The van der Waals surface area contributed by atoms with Crippen molar-refractivity contribution in [3.63, 3.8) is 0 Å². The minimum Gasteiger partial charge on any atom is -0.386 e. The number of aliphatic hydroxyl groups is 1. The van der Waals surface area contributed by atoms with Crippen LogP contribution in [0.1, 0.15) is 11.7 Å². The van der Waals surface area contributed by atoms with Gasteiger partial charge in [-0.3, -0.25) is 0 Å². The van der Waals surface area contributed by atoms with Crippen molar-refractivity contribution in [2.75, 3.05) is 6.67 Å². The molecule has 1 aromatic carbocycles. The molecule has 1 unspecified atom stereocenters. The smallest absolute Gasteiger partial charge is 0.119 e. The van der Waals surface area contributed by atoms with Gasteiger partial charge < -0.3 is 5.11 Å². The summed E-state index contributed by atoms with van der Waals surface area (Å²) in [6, 6.07) is 9.41. The highest BCUT2D eigenvalue weighted by Gasteiger charge is 2.03. The lowest BCUT2D eigenvalue weighted by molar-refractivity contribution is 0.142. The molecule has 1 nitrogen and oxygen atoms in total. The van der Waals surface area contributed by atoms with Gasteiger partial charge in [-0.15, -0.1) is 0 Å². The van der Waals surface area contributed by atoms with E-state index in [9.17, 15) is 4.39 Å². The van der Waals surface area contributed by atoms with Crippen LogP contribution in [0.15, 0.2) is 24.3 Å². The van der Waals surface area contributed by atoms with Crippen molar-refractivity contribution in [3.8, 4) is 0 Å². The van der Waals surface area contributed by atoms with Crippen LogP contribution in [0.3, 0.4) is 0 Å². The maximum atomic E-state index is 11.8. The fourth-order valence-electron chi connectivity index (χ4n) is 0.704. The molecule has 0 aromatic heterocycles. The van der Waals surface area contributed by atoms with E-state index in [0.29, 0.717) is 5.56 Å². The summed E-state index contributed by atoms with van der Waals surface area (Å²) < 4.78 is 11.8. The van der Waals surface area contributed by atoms with Crippen LogP contribution in [0.5, 0.6) is 0 Å². The minimum absolute atomic E-state index is 0.574. The highest BCUT2D eigenvalue weighted by atomic mass is 19.1. The Balaban J connectivity index is 2.75. The first kappa shape index (κ1) is 7.22. The fourth-order valence-corrected chi connectivity index (χ4v) is 0.704. The molecule has 0 spiro atoms. The Morgan fingerprint density at radius 3 is 3.00 bits per heavy atom. The summed E-state index contributed by atoms with van der Waals surface area (Å²) in [7, 11) is 0. The molecule has 0 heterocycles. The number of benzene rings is 1. The second-order valence-electron chi connectivity index (χ2n) is 2.01. The monoisotopic (exact) mass is 139 g/mol. The Morgan fingerprint density at radius 2 is 2.50 bits per heavy atom. The van der Waals surface area contributed by atoms with Gasteiger partial charge in [-0.25, -0.2) is 4.39 Å². The van der Waals surface area contributed by atoms with E-state index in [4.69, 9.17) is 5.11 Å². The van der Waals surface area contributed by atoms with E-state index < -0.39 is 12.8 Å². The van der Waals surface area contributed by atoms with Crippen molar-refractivity contribution < 1.29 is 9.50 Å². The van der Waals surface area contributed by atoms with Gasteiger partial charge >= 0.3 is 0 Å². The lowest BCUT2D eigenvalue weighted by atomic mass is 10.1. The average Bonchev–Trinajstić information content (AvgIpc) is 2.05. The summed E-state index contributed by atoms with van der Waals surface area (Å²) in [5.74, 6) is 0. The second kappa shape index (κ2) is 3.32. The molecule has 0 aliphatic rings. The normalized spacial score (nSPS) is 13.0. The molecule has 53 valence electrons. The van der Waals surface area contributed by atoms with Crippen LogP contribution < -0.4 is 0 Å². The highest BCUT2D eigenvalue weighted by molar-refractivity contribution is 5.16. The molecule has 0 aliphatic heterocycles. The molecule has 1 radical (unpaired) electrons. The van der Waals surface area contributed by atoms with Crippen molar-refractivity contribution in [3.05, 3.63) is 35.9 Å².